The first-order valence-corrected chi connectivity index (χ1v) is 4.43. The number of halogens is 2. The SMILES string of the molecule is CCC(C(=O)O)N1CCNCC1.Cl.Cl. The fourth-order valence-corrected chi connectivity index (χ4v) is 1.58. The van der Waals surface area contributed by atoms with Crippen molar-refractivity contribution in [2.75, 3.05) is 26.2 Å². The van der Waals surface area contributed by atoms with Crippen molar-refractivity contribution in [3.8, 4) is 0 Å². The Morgan fingerprint density at radius 2 is 1.93 bits per heavy atom. The number of nitrogens with zero attached hydrogens (tertiary/aromatic N) is 1. The van der Waals surface area contributed by atoms with Gasteiger partial charge in [-0.2, -0.15) is 0 Å². The van der Waals surface area contributed by atoms with E-state index in [4.69, 9.17) is 5.11 Å². The van der Waals surface area contributed by atoms with Crippen molar-refractivity contribution in [3.05, 3.63) is 0 Å². The molecule has 4 nitrogen and oxygen atoms in total. The molecule has 0 saturated carbocycles. The predicted molar refractivity (Wildman–Crippen MR) is 60.7 cm³/mol. The standard InChI is InChI=1S/C8H16N2O2.2ClH/c1-2-7(8(11)12)10-5-3-9-4-6-10;;/h7,9H,2-6H2,1H3,(H,11,12);2*1H. The smallest absolute Gasteiger partial charge is 0.320 e. The Kier molecular flexibility index (Phi) is 9.72. The van der Waals surface area contributed by atoms with E-state index in [-0.39, 0.29) is 30.9 Å². The molecule has 1 aliphatic rings. The Bertz CT molecular complexity index is 163. The van der Waals surface area contributed by atoms with E-state index in [1.54, 1.807) is 0 Å². The Labute approximate surface area is 96.9 Å². The van der Waals surface area contributed by atoms with Crippen LogP contribution in [-0.2, 0) is 4.79 Å². The molecule has 1 rings (SSSR count). The molecule has 86 valence electrons. The first-order chi connectivity index (χ1) is 5.75. The summed E-state index contributed by atoms with van der Waals surface area (Å²) in [5.41, 5.74) is 0. The molecule has 0 aliphatic carbocycles. The Balaban J connectivity index is 0. The van der Waals surface area contributed by atoms with Crippen molar-refractivity contribution >= 4 is 30.8 Å². The lowest BCUT2D eigenvalue weighted by atomic mass is 10.2. The highest BCUT2D eigenvalue weighted by Gasteiger charge is 2.24. The molecule has 0 amide bonds. The van der Waals surface area contributed by atoms with Gasteiger partial charge < -0.3 is 10.4 Å². The minimum atomic E-state index is -0.695. The monoisotopic (exact) mass is 244 g/mol. The van der Waals surface area contributed by atoms with E-state index in [0.29, 0.717) is 6.42 Å². The molecule has 1 fully saturated rings. The van der Waals surface area contributed by atoms with Crippen LogP contribution >= 0.6 is 24.8 Å². The van der Waals surface area contributed by atoms with Gasteiger partial charge in [0.15, 0.2) is 0 Å². The molecule has 1 saturated heterocycles. The summed E-state index contributed by atoms with van der Waals surface area (Å²) in [6.45, 7) is 5.43. The van der Waals surface area contributed by atoms with Gasteiger partial charge in [-0.05, 0) is 6.42 Å². The summed E-state index contributed by atoms with van der Waals surface area (Å²) in [6.07, 6.45) is 0.690. The molecule has 0 aromatic heterocycles. The number of piperazine rings is 1. The van der Waals surface area contributed by atoms with Crippen LogP contribution in [0.4, 0.5) is 0 Å². The summed E-state index contributed by atoms with van der Waals surface area (Å²) >= 11 is 0. The minimum absolute atomic E-state index is 0. The van der Waals surface area contributed by atoms with Crippen molar-refractivity contribution in [2.45, 2.75) is 19.4 Å². The van der Waals surface area contributed by atoms with Gasteiger partial charge in [-0.1, -0.05) is 6.92 Å². The van der Waals surface area contributed by atoms with Gasteiger partial charge >= 0.3 is 5.97 Å². The van der Waals surface area contributed by atoms with E-state index < -0.39 is 5.97 Å². The van der Waals surface area contributed by atoms with Crippen molar-refractivity contribution in [2.24, 2.45) is 0 Å². The molecule has 6 heteroatoms. The maximum Gasteiger partial charge on any atom is 0.320 e. The number of carbonyl (C=O) groups is 1. The molecule has 0 aromatic carbocycles. The first kappa shape index (κ1) is 16.4. The highest BCUT2D eigenvalue weighted by molar-refractivity contribution is 5.85. The number of carboxylic acid groups (broad SMARTS) is 1. The fourth-order valence-electron chi connectivity index (χ4n) is 1.58. The number of hydrogen-bond donors (Lipinski definition) is 2. The first-order valence-electron chi connectivity index (χ1n) is 4.43. The molecule has 1 aliphatic heterocycles. The second kappa shape index (κ2) is 8.29. The van der Waals surface area contributed by atoms with Crippen LogP contribution in [0.15, 0.2) is 0 Å². The van der Waals surface area contributed by atoms with Crippen molar-refractivity contribution in [1.82, 2.24) is 10.2 Å². The number of rotatable bonds is 3. The van der Waals surface area contributed by atoms with Gasteiger partial charge in [0, 0.05) is 26.2 Å². The number of hydrogen-bond acceptors (Lipinski definition) is 3. The minimum Gasteiger partial charge on any atom is -0.480 e. The Morgan fingerprint density at radius 3 is 2.29 bits per heavy atom. The number of carboxylic acids is 1. The van der Waals surface area contributed by atoms with Gasteiger partial charge in [-0.15, -0.1) is 24.8 Å². The lowest BCUT2D eigenvalue weighted by Crippen LogP contribution is -2.50. The summed E-state index contributed by atoms with van der Waals surface area (Å²) in [5.74, 6) is -0.695. The van der Waals surface area contributed by atoms with Crippen LogP contribution in [0.5, 0.6) is 0 Å². The highest BCUT2D eigenvalue weighted by Crippen LogP contribution is 2.05. The van der Waals surface area contributed by atoms with Crippen LogP contribution < -0.4 is 5.32 Å². The van der Waals surface area contributed by atoms with Gasteiger partial charge in [0.25, 0.3) is 0 Å². The van der Waals surface area contributed by atoms with Crippen LogP contribution in [0.25, 0.3) is 0 Å². The zero-order chi connectivity index (χ0) is 8.97. The van der Waals surface area contributed by atoms with E-state index in [0.717, 1.165) is 26.2 Å². The van der Waals surface area contributed by atoms with E-state index in [9.17, 15) is 4.79 Å². The Morgan fingerprint density at radius 1 is 1.43 bits per heavy atom. The van der Waals surface area contributed by atoms with Gasteiger partial charge in [0.1, 0.15) is 6.04 Å². The van der Waals surface area contributed by atoms with Crippen molar-refractivity contribution < 1.29 is 9.90 Å². The summed E-state index contributed by atoms with van der Waals surface area (Å²) in [4.78, 5) is 12.8. The average molecular weight is 245 g/mol. The van der Waals surface area contributed by atoms with Crippen molar-refractivity contribution in [3.63, 3.8) is 0 Å². The van der Waals surface area contributed by atoms with Crippen molar-refractivity contribution in [1.29, 1.82) is 0 Å². The van der Waals surface area contributed by atoms with Gasteiger partial charge in [-0.3, -0.25) is 9.69 Å². The molecule has 0 aromatic rings. The molecule has 1 unspecified atom stereocenters. The molecular formula is C8H18Cl2N2O2. The van der Waals surface area contributed by atoms with E-state index >= 15 is 0 Å². The molecule has 0 radical (unpaired) electrons. The van der Waals surface area contributed by atoms with E-state index in [1.165, 1.54) is 0 Å². The molecule has 0 bridgehead atoms. The molecule has 14 heavy (non-hydrogen) atoms. The third-order valence-corrected chi connectivity index (χ3v) is 2.26. The Hall–Kier alpha value is -0.0300. The van der Waals surface area contributed by atoms with Crippen LogP contribution in [0.1, 0.15) is 13.3 Å². The zero-order valence-electron chi connectivity index (χ0n) is 8.23. The third-order valence-electron chi connectivity index (χ3n) is 2.26. The molecular weight excluding hydrogens is 227 g/mol. The summed E-state index contributed by atoms with van der Waals surface area (Å²) in [5, 5.41) is 12.1. The number of aliphatic carboxylic acids is 1. The molecule has 1 atom stereocenters. The molecule has 1 heterocycles. The lowest BCUT2D eigenvalue weighted by molar-refractivity contribution is -0.143. The quantitative estimate of drug-likeness (QED) is 0.764. The lowest BCUT2D eigenvalue weighted by Gasteiger charge is -2.31. The summed E-state index contributed by atoms with van der Waals surface area (Å²) in [7, 11) is 0. The second-order valence-corrected chi connectivity index (χ2v) is 3.05. The van der Waals surface area contributed by atoms with Crippen LogP contribution in [0, 0.1) is 0 Å². The summed E-state index contributed by atoms with van der Waals surface area (Å²) < 4.78 is 0. The number of nitrogens with one attached hydrogen (secondary N) is 1. The second-order valence-electron chi connectivity index (χ2n) is 3.05. The topological polar surface area (TPSA) is 52.6 Å². The maximum atomic E-state index is 10.8. The van der Waals surface area contributed by atoms with Crippen LogP contribution in [0.3, 0.4) is 0 Å². The highest BCUT2D eigenvalue weighted by atomic mass is 35.5. The fraction of sp³-hybridized carbons (Fsp3) is 0.875. The normalized spacial score (nSPS) is 18.9. The van der Waals surface area contributed by atoms with Crippen LogP contribution in [0.2, 0.25) is 0 Å². The predicted octanol–water partition coefficient (Wildman–Crippen LogP) is 0.598. The van der Waals surface area contributed by atoms with Crippen LogP contribution in [-0.4, -0.2) is 48.2 Å². The largest absolute Gasteiger partial charge is 0.480 e. The maximum absolute atomic E-state index is 10.8. The van der Waals surface area contributed by atoms with E-state index in [1.807, 2.05) is 11.8 Å². The van der Waals surface area contributed by atoms with Gasteiger partial charge in [0.05, 0.1) is 0 Å². The molecule has 2 N–H and O–H groups in total. The van der Waals surface area contributed by atoms with Gasteiger partial charge in [-0.25, -0.2) is 0 Å². The zero-order valence-corrected chi connectivity index (χ0v) is 9.87. The summed E-state index contributed by atoms with van der Waals surface area (Å²) in [6, 6.07) is -0.285. The third kappa shape index (κ3) is 4.46. The molecule has 0 spiro atoms. The van der Waals surface area contributed by atoms with E-state index in [2.05, 4.69) is 5.32 Å². The van der Waals surface area contributed by atoms with Gasteiger partial charge in [0.2, 0.25) is 0 Å². The average Bonchev–Trinajstić information content (AvgIpc) is 2.07.